The Balaban J connectivity index is 2.12. The van der Waals surface area contributed by atoms with Crippen LogP contribution in [0.3, 0.4) is 0 Å². The second-order valence-electron chi connectivity index (χ2n) is 4.72. The molecule has 0 bridgehead atoms. The van der Waals surface area contributed by atoms with E-state index in [9.17, 15) is 4.79 Å². The van der Waals surface area contributed by atoms with E-state index in [2.05, 4.69) is 11.8 Å². The van der Waals surface area contributed by atoms with Gasteiger partial charge in [-0.25, -0.2) is 0 Å². The molecule has 0 unspecified atom stereocenters. The highest BCUT2D eigenvalue weighted by atomic mass is 35.5. The molecule has 3 nitrogen and oxygen atoms in total. The van der Waals surface area contributed by atoms with Crippen LogP contribution in [0.2, 0.25) is 0 Å². The lowest BCUT2D eigenvalue weighted by Gasteiger charge is -2.34. The fourth-order valence-electron chi connectivity index (χ4n) is 2.20. The molecule has 1 fully saturated rings. The standard InChI is InChI=1S/C13H25ClN2O/c1-2-3-4-5-6-13(17)16-11-9-15(8-7-14)10-12-16/h2-12H2,1H3. The SMILES string of the molecule is CCCCCCC(=O)N1CCN(CCCl)CC1. The minimum absolute atomic E-state index is 0.339. The highest BCUT2D eigenvalue weighted by Gasteiger charge is 2.19. The number of nitrogens with zero attached hydrogens (tertiary/aromatic N) is 2. The molecule has 4 heteroatoms. The molecule has 0 aromatic heterocycles. The number of hydrogen-bond donors (Lipinski definition) is 0. The van der Waals surface area contributed by atoms with Gasteiger partial charge in [0.15, 0.2) is 0 Å². The number of alkyl halides is 1. The van der Waals surface area contributed by atoms with Crippen molar-refractivity contribution in [3.05, 3.63) is 0 Å². The summed E-state index contributed by atoms with van der Waals surface area (Å²) in [5.74, 6) is 1.02. The molecule has 0 aromatic rings. The molecule has 1 aliphatic heterocycles. The molecule has 0 saturated carbocycles. The lowest BCUT2D eigenvalue weighted by Crippen LogP contribution is -2.49. The normalized spacial score (nSPS) is 17.4. The van der Waals surface area contributed by atoms with Crippen LogP contribution in [0.1, 0.15) is 39.0 Å². The molecule has 100 valence electrons. The van der Waals surface area contributed by atoms with E-state index >= 15 is 0 Å². The minimum Gasteiger partial charge on any atom is -0.340 e. The Hall–Kier alpha value is -0.280. The van der Waals surface area contributed by atoms with Gasteiger partial charge in [0.25, 0.3) is 0 Å². The number of halogens is 1. The maximum Gasteiger partial charge on any atom is 0.222 e. The number of carbonyl (C=O) groups excluding carboxylic acids is 1. The van der Waals surface area contributed by atoms with Gasteiger partial charge in [-0.15, -0.1) is 11.6 Å². The Morgan fingerprint density at radius 1 is 1.12 bits per heavy atom. The summed E-state index contributed by atoms with van der Waals surface area (Å²) >= 11 is 5.71. The molecular weight excluding hydrogens is 236 g/mol. The van der Waals surface area contributed by atoms with E-state index in [1.807, 2.05) is 4.90 Å². The van der Waals surface area contributed by atoms with Crippen LogP contribution >= 0.6 is 11.6 Å². The summed E-state index contributed by atoms with van der Waals surface area (Å²) in [5.41, 5.74) is 0. The van der Waals surface area contributed by atoms with Crippen molar-refractivity contribution in [3.8, 4) is 0 Å². The van der Waals surface area contributed by atoms with Crippen LogP contribution in [0.15, 0.2) is 0 Å². The smallest absolute Gasteiger partial charge is 0.222 e. The van der Waals surface area contributed by atoms with Crippen molar-refractivity contribution in [2.45, 2.75) is 39.0 Å². The number of rotatable bonds is 7. The third-order valence-electron chi connectivity index (χ3n) is 3.37. The van der Waals surface area contributed by atoms with E-state index in [4.69, 9.17) is 11.6 Å². The number of carbonyl (C=O) groups is 1. The van der Waals surface area contributed by atoms with E-state index in [1.54, 1.807) is 0 Å². The minimum atomic E-state index is 0.339. The van der Waals surface area contributed by atoms with Gasteiger partial charge in [0.05, 0.1) is 0 Å². The summed E-state index contributed by atoms with van der Waals surface area (Å²) in [7, 11) is 0. The van der Waals surface area contributed by atoms with Crippen molar-refractivity contribution in [1.82, 2.24) is 9.80 Å². The molecule has 1 rings (SSSR count). The number of hydrogen-bond acceptors (Lipinski definition) is 2. The molecule has 0 radical (unpaired) electrons. The van der Waals surface area contributed by atoms with Gasteiger partial charge in [-0.3, -0.25) is 9.69 Å². The first-order chi connectivity index (χ1) is 8.27. The maximum atomic E-state index is 11.9. The Kier molecular flexibility index (Phi) is 7.62. The third kappa shape index (κ3) is 5.73. The van der Waals surface area contributed by atoms with Gasteiger partial charge in [0, 0.05) is 45.0 Å². The molecule has 0 N–H and O–H groups in total. The monoisotopic (exact) mass is 260 g/mol. The first kappa shape index (κ1) is 14.8. The average Bonchev–Trinajstić information content (AvgIpc) is 2.36. The molecule has 0 aromatic carbocycles. The fraction of sp³-hybridized carbons (Fsp3) is 0.923. The molecule has 17 heavy (non-hydrogen) atoms. The maximum absolute atomic E-state index is 11.9. The van der Waals surface area contributed by atoms with Gasteiger partial charge in [-0.2, -0.15) is 0 Å². The van der Waals surface area contributed by atoms with Gasteiger partial charge < -0.3 is 4.90 Å². The molecule has 0 aliphatic carbocycles. The molecule has 0 spiro atoms. The molecule has 0 atom stereocenters. The van der Waals surface area contributed by atoms with Crippen LogP contribution in [0.4, 0.5) is 0 Å². The number of amides is 1. The van der Waals surface area contributed by atoms with E-state index in [0.717, 1.165) is 45.6 Å². The van der Waals surface area contributed by atoms with Crippen LogP contribution in [0.25, 0.3) is 0 Å². The number of unbranched alkanes of at least 4 members (excludes halogenated alkanes) is 3. The topological polar surface area (TPSA) is 23.6 Å². The summed E-state index contributed by atoms with van der Waals surface area (Å²) < 4.78 is 0. The highest BCUT2D eigenvalue weighted by molar-refractivity contribution is 6.18. The molecular formula is C13H25ClN2O. The van der Waals surface area contributed by atoms with Gasteiger partial charge in [0.1, 0.15) is 0 Å². The lowest BCUT2D eigenvalue weighted by molar-refractivity contribution is -0.133. The largest absolute Gasteiger partial charge is 0.340 e. The molecule has 1 saturated heterocycles. The summed E-state index contributed by atoms with van der Waals surface area (Å²) in [5, 5.41) is 0. The Morgan fingerprint density at radius 2 is 1.82 bits per heavy atom. The van der Waals surface area contributed by atoms with Gasteiger partial charge in [-0.05, 0) is 6.42 Å². The van der Waals surface area contributed by atoms with Crippen molar-refractivity contribution in [1.29, 1.82) is 0 Å². The van der Waals surface area contributed by atoms with Crippen molar-refractivity contribution < 1.29 is 4.79 Å². The van der Waals surface area contributed by atoms with Crippen LogP contribution in [0.5, 0.6) is 0 Å². The Morgan fingerprint density at radius 3 is 2.41 bits per heavy atom. The van der Waals surface area contributed by atoms with Gasteiger partial charge >= 0.3 is 0 Å². The van der Waals surface area contributed by atoms with Crippen molar-refractivity contribution >= 4 is 17.5 Å². The van der Waals surface area contributed by atoms with Crippen molar-refractivity contribution in [2.75, 3.05) is 38.6 Å². The first-order valence-electron chi connectivity index (χ1n) is 6.84. The zero-order valence-electron chi connectivity index (χ0n) is 11.0. The van der Waals surface area contributed by atoms with E-state index in [0.29, 0.717) is 11.8 Å². The van der Waals surface area contributed by atoms with Crippen molar-refractivity contribution in [2.24, 2.45) is 0 Å². The summed E-state index contributed by atoms with van der Waals surface area (Å²) in [6.45, 7) is 6.85. The van der Waals surface area contributed by atoms with Crippen LogP contribution in [-0.4, -0.2) is 54.3 Å². The molecule has 1 heterocycles. The zero-order chi connectivity index (χ0) is 12.5. The lowest BCUT2D eigenvalue weighted by atomic mass is 10.1. The Bertz CT molecular complexity index is 215. The summed E-state index contributed by atoms with van der Waals surface area (Å²) in [6, 6.07) is 0. The average molecular weight is 261 g/mol. The van der Waals surface area contributed by atoms with E-state index in [1.165, 1.54) is 19.3 Å². The Labute approximate surface area is 110 Å². The van der Waals surface area contributed by atoms with Gasteiger partial charge in [-0.1, -0.05) is 26.2 Å². The van der Waals surface area contributed by atoms with E-state index in [-0.39, 0.29) is 0 Å². The summed E-state index contributed by atoms with van der Waals surface area (Å²) in [4.78, 5) is 16.2. The van der Waals surface area contributed by atoms with Crippen LogP contribution in [0, 0.1) is 0 Å². The zero-order valence-corrected chi connectivity index (χ0v) is 11.7. The first-order valence-corrected chi connectivity index (χ1v) is 7.37. The van der Waals surface area contributed by atoms with Crippen molar-refractivity contribution in [3.63, 3.8) is 0 Å². The highest BCUT2D eigenvalue weighted by Crippen LogP contribution is 2.08. The van der Waals surface area contributed by atoms with Crippen LogP contribution < -0.4 is 0 Å². The third-order valence-corrected chi connectivity index (χ3v) is 3.54. The number of piperazine rings is 1. The predicted octanol–water partition coefficient (Wildman–Crippen LogP) is 2.34. The van der Waals surface area contributed by atoms with Crippen LogP contribution in [-0.2, 0) is 4.79 Å². The molecule has 1 amide bonds. The van der Waals surface area contributed by atoms with Gasteiger partial charge in [0.2, 0.25) is 5.91 Å². The second-order valence-corrected chi connectivity index (χ2v) is 5.10. The second kappa shape index (κ2) is 8.76. The molecule has 1 aliphatic rings. The quantitative estimate of drug-likeness (QED) is 0.518. The predicted molar refractivity (Wildman–Crippen MR) is 72.5 cm³/mol. The van der Waals surface area contributed by atoms with E-state index < -0.39 is 0 Å². The summed E-state index contributed by atoms with van der Waals surface area (Å²) in [6.07, 6.45) is 5.45. The fourth-order valence-corrected chi connectivity index (χ4v) is 2.44.